The molecule has 0 fully saturated rings. The first-order valence-corrected chi connectivity index (χ1v) is 18.4. The third-order valence-corrected chi connectivity index (χ3v) is 10.3. The lowest BCUT2D eigenvalue weighted by Crippen LogP contribution is -2.22. The minimum Gasteiger partial charge on any atom is -0.343 e. The molecule has 0 aromatic heterocycles. The van der Waals surface area contributed by atoms with Crippen molar-refractivity contribution in [3.8, 4) is 0 Å². The van der Waals surface area contributed by atoms with Crippen LogP contribution in [0, 0.1) is 0 Å². The summed E-state index contributed by atoms with van der Waals surface area (Å²) >= 11 is 0. The Hall–Kier alpha value is -6.52. The Balaban J connectivity index is 1.01. The molecule has 22 rings (SSSR count). The summed E-state index contributed by atoms with van der Waals surface area (Å²) in [7, 11) is 0. The van der Waals surface area contributed by atoms with Crippen molar-refractivity contribution < 1.29 is 0 Å². The van der Waals surface area contributed by atoms with Crippen molar-refractivity contribution >= 4 is 35.0 Å². The van der Waals surface area contributed by atoms with Crippen molar-refractivity contribution in [2.24, 2.45) is 9.98 Å². The molecule has 0 spiro atoms. The van der Waals surface area contributed by atoms with Crippen molar-refractivity contribution in [1.82, 2.24) is 0 Å². The van der Waals surface area contributed by atoms with E-state index in [-0.39, 0.29) is 0 Å². The highest BCUT2D eigenvalue weighted by molar-refractivity contribution is 6.14. The number of allylic oxidation sites excluding steroid dienone is 2. The molecule has 6 aromatic carbocycles. The molecular formula is C49H40N4. The highest BCUT2D eigenvalue weighted by Crippen LogP contribution is 2.30. The first-order chi connectivity index (χ1) is 26.2. The molecule has 0 saturated carbocycles. The summed E-state index contributed by atoms with van der Waals surface area (Å²) in [4.78, 5) is 14.8. The van der Waals surface area contributed by atoms with Crippen LogP contribution in [-0.2, 0) is 32.6 Å². The first-order valence-electron chi connectivity index (χ1n) is 18.4. The number of anilines is 2. The third-order valence-electron chi connectivity index (χ3n) is 10.3. The van der Waals surface area contributed by atoms with E-state index < -0.39 is 0 Å². The van der Waals surface area contributed by atoms with Gasteiger partial charge in [0.25, 0.3) is 0 Å². The Morgan fingerprint density at radius 1 is 0.358 bits per heavy atom. The van der Waals surface area contributed by atoms with E-state index >= 15 is 0 Å². The summed E-state index contributed by atoms with van der Waals surface area (Å²) in [5.74, 6) is 0. The van der Waals surface area contributed by atoms with Gasteiger partial charge in [-0.2, -0.15) is 0 Å². The number of fused-ring (bicyclic) bond motifs is 1. The van der Waals surface area contributed by atoms with E-state index in [4.69, 9.17) is 9.98 Å². The fraction of sp³-hybridized carbons (Fsp3) is 0.102. The van der Waals surface area contributed by atoms with Crippen LogP contribution in [0.1, 0.15) is 55.6 Å². The SMILES string of the molecule is C1=CN2Cc3ccc(cc3)/C=C/c3ccc(cc3)CN3C=CC(=NCc4ccc(cc4)Cc4ccc(cc4)CN=C1c1ccccc12)c1ccccc13. The largest absolute Gasteiger partial charge is 0.343 e. The molecule has 6 aromatic rings. The number of hydrogen-bond donors (Lipinski definition) is 0. The van der Waals surface area contributed by atoms with Gasteiger partial charge in [-0.05, 0) is 75.2 Å². The van der Waals surface area contributed by atoms with E-state index in [2.05, 4.69) is 192 Å². The zero-order valence-corrected chi connectivity index (χ0v) is 29.6. The molecule has 4 heteroatoms. The van der Waals surface area contributed by atoms with Crippen molar-refractivity contribution in [3.05, 3.63) is 226 Å². The van der Waals surface area contributed by atoms with Gasteiger partial charge in [-0.3, -0.25) is 9.98 Å². The van der Waals surface area contributed by atoms with Crippen molar-refractivity contribution in [3.63, 3.8) is 0 Å². The molecule has 12 bridgehead atoms. The van der Waals surface area contributed by atoms with E-state index in [1.807, 2.05) is 0 Å². The molecule has 0 amide bonds. The zero-order chi connectivity index (χ0) is 35.4. The molecule has 0 atom stereocenters. The number of benzene rings is 6. The van der Waals surface area contributed by atoms with Gasteiger partial charge >= 0.3 is 0 Å². The second-order valence-corrected chi connectivity index (χ2v) is 14.0. The summed E-state index contributed by atoms with van der Waals surface area (Å²) < 4.78 is 0. The maximum Gasteiger partial charge on any atom is 0.0686 e. The summed E-state index contributed by atoms with van der Waals surface area (Å²) in [5.41, 5.74) is 16.6. The van der Waals surface area contributed by atoms with E-state index in [0.29, 0.717) is 13.1 Å². The van der Waals surface area contributed by atoms with Crippen LogP contribution >= 0.6 is 0 Å². The maximum atomic E-state index is 5.07. The molecular weight excluding hydrogens is 645 g/mol. The second kappa shape index (κ2) is 14.6. The van der Waals surface area contributed by atoms with E-state index in [9.17, 15) is 0 Å². The van der Waals surface area contributed by atoms with Crippen LogP contribution in [0.5, 0.6) is 0 Å². The molecule has 0 unspecified atom stereocenters. The average Bonchev–Trinajstić information content (AvgIpc) is 3.21. The summed E-state index contributed by atoms with van der Waals surface area (Å²) in [5, 5.41) is 0. The number of rotatable bonds is 0. The minimum absolute atomic E-state index is 0.641. The smallest absolute Gasteiger partial charge is 0.0686 e. The number of hydrogen-bond acceptors (Lipinski definition) is 4. The lowest BCUT2D eigenvalue weighted by molar-refractivity contribution is 0.959. The van der Waals surface area contributed by atoms with Crippen LogP contribution in [-0.4, -0.2) is 11.4 Å². The monoisotopic (exact) mass is 684 g/mol. The normalized spacial score (nSPS) is 15.7. The van der Waals surface area contributed by atoms with Crippen LogP contribution in [0.3, 0.4) is 0 Å². The van der Waals surface area contributed by atoms with Crippen molar-refractivity contribution in [2.45, 2.75) is 32.6 Å². The lowest BCUT2D eigenvalue weighted by Gasteiger charge is -2.27. The fourth-order valence-electron chi connectivity index (χ4n) is 7.26. The highest BCUT2D eigenvalue weighted by atomic mass is 15.1. The number of nitrogens with zero attached hydrogens (tertiary/aromatic N) is 4. The van der Waals surface area contributed by atoms with Crippen LogP contribution in [0.2, 0.25) is 0 Å². The Bertz CT molecular complexity index is 2220. The zero-order valence-electron chi connectivity index (χ0n) is 29.6. The van der Waals surface area contributed by atoms with Gasteiger partial charge in [0.05, 0.1) is 35.9 Å². The molecule has 0 saturated heterocycles. The quantitative estimate of drug-likeness (QED) is 0.159. The molecule has 0 N–H and O–H groups in total. The summed E-state index contributed by atoms with van der Waals surface area (Å²) in [6.07, 6.45) is 13.9. The van der Waals surface area contributed by atoms with Gasteiger partial charge < -0.3 is 9.80 Å². The van der Waals surface area contributed by atoms with Gasteiger partial charge in [0.15, 0.2) is 0 Å². The molecule has 16 heterocycles. The van der Waals surface area contributed by atoms with E-state index in [1.165, 1.54) is 67.0 Å². The van der Waals surface area contributed by atoms with Crippen LogP contribution in [0.15, 0.2) is 180 Å². The van der Waals surface area contributed by atoms with Crippen LogP contribution < -0.4 is 9.80 Å². The van der Waals surface area contributed by atoms with Crippen molar-refractivity contribution in [1.29, 1.82) is 0 Å². The summed E-state index contributed by atoms with van der Waals surface area (Å²) in [6.45, 7) is 2.87. The van der Waals surface area contributed by atoms with Gasteiger partial charge in [0.1, 0.15) is 0 Å². The third kappa shape index (κ3) is 7.31. The molecule has 4 nitrogen and oxygen atoms in total. The van der Waals surface area contributed by atoms with Crippen LogP contribution in [0.4, 0.5) is 11.4 Å². The summed E-state index contributed by atoms with van der Waals surface area (Å²) in [6, 6.07) is 52.7. The molecule has 0 radical (unpaired) electrons. The van der Waals surface area contributed by atoms with Gasteiger partial charge in [-0.15, -0.1) is 0 Å². The molecule has 16 aliphatic rings. The molecule has 53 heavy (non-hydrogen) atoms. The Kier molecular flexibility index (Phi) is 8.93. The predicted molar refractivity (Wildman–Crippen MR) is 222 cm³/mol. The number of aliphatic imine (C=N–C) groups is 2. The van der Waals surface area contributed by atoms with Crippen molar-refractivity contribution in [2.75, 3.05) is 9.80 Å². The van der Waals surface area contributed by atoms with Gasteiger partial charge in [-0.1, -0.05) is 146 Å². The van der Waals surface area contributed by atoms with Gasteiger partial charge in [-0.25, -0.2) is 0 Å². The Morgan fingerprint density at radius 3 is 1.17 bits per heavy atom. The van der Waals surface area contributed by atoms with Gasteiger partial charge in [0, 0.05) is 36.6 Å². The van der Waals surface area contributed by atoms with E-state index in [0.717, 1.165) is 30.9 Å². The van der Waals surface area contributed by atoms with Crippen LogP contribution in [0.25, 0.3) is 12.2 Å². The van der Waals surface area contributed by atoms with Gasteiger partial charge in [0.2, 0.25) is 0 Å². The molecule has 16 aliphatic heterocycles. The standard InChI is InChI=1S/C49H40N4/c1-3-7-48-44(5-1)46-27-29-52(48)34-42-23-11-36(12-24-42)9-10-37-13-25-43(26-14-37)35-53-30-28-47(45-6-2-4-8-49(45)53)51-33-41-21-17-39(18-22-41)31-38-15-19-40(20-16-38)32-50-46/h1-30H,31-35H2/b10-9+,50-46?,51-47?. The Morgan fingerprint density at radius 2 is 0.736 bits per heavy atom. The predicted octanol–water partition coefficient (Wildman–Crippen LogP) is 10.8. The second-order valence-electron chi connectivity index (χ2n) is 14.0. The molecule has 0 aliphatic carbocycles. The Labute approximate surface area is 312 Å². The fourth-order valence-corrected chi connectivity index (χ4v) is 7.26. The first kappa shape index (κ1) is 32.4. The minimum atomic E-state index is 0.641. The number of para-hydroxylation sites is 2. The molecule has 256 valence electrons. The lowest BCUT2D eigenvalue weighted by atomic mass is 10.0. The highest BCUT2D eigenvalue weighted by Gasteiger charge is 2.18. The maximum absolute atomic E-state index is 5.07. The average molecular weight is 685 g/mol. The van der Waals surface area contributed by atoms with E-state index in [1.54, 1.807) is 0 Å². The topological polar surface area (TPSA) is 31.2 Å².